The molecule has 1 aliphatic carbocycles. The SMILES string of the molecule is O=C1N(C2CCC(O)CC2)CCC12CCCN(c1ncc(-c3ccccc3)cc1Cl)C2. The van der Waals surface area contributed by atoms with Crippen LogP contribution in [0.1, 0.15) is 44.9 Å². The first kappa shape index (κ1) is 20.8. The van der Waals surface area contributed by atoms with Crippen molar-refractivity contribution in [3.8, 4) is 11.1 Å². The van der Waals surface area contributed by atoms with Gasteiger partial charge < -0.3 is 14.9 Å². The van der Waals surface area contributed by atoms with Gasteiger partial charge in [0.15, 0.2) is 0 Å². The monoisotopic (exact) mass is 439 g/mol. The van der Waals surface area contributed by atoms with Crippen molar-refractivity contribution in [3.05, 3.63) is 47.6 Å². The molecule has 1 saturated carbocycles. The maximum Gasteiger partial charge on any atom is 0.230 e. The lowest BCUT2D eigenvalue weighted by atomic mass is 9.78. The number of hydrogen-bond acceptors (Lipinski definition) is 4. The van der Waals surface area contributed by atoms with E-state index in [2.05, 4.69) is 21.9 Å². The highest BCUT2D eigenvalue weighted by atomic mass is 35.5. The van der Waals surface area contributed by atoms with Crippen molar-refractivity contribution in [2.45, 2.75) is 57.1 Å². The molecule has 3 fully saturated rings. The van der Waals surface area contributed by atoms with Gasteiger partial charge in [-0.2, -0.15) is 0 Å². The summed E-state index contributed by atoms with van der Waals surface area (Å²) in [6.45, 7) is 2.40. The Hall–Kier alpha value is -2.11. The number of aliphatic hydroxyl groups excluding tert-OH is 1. The zero-order valence-electron chi connectivity index (χ0n) is 17.8. The predicted octanol–water partition coefficient (Wildman–Crippen LogP) is 4.52. The lowest BCUT2D eigenvalue weighted by Crippen LogP contribution is -2.50. The van der Waals surface area contributed by atoms with Crippen molar-refractivity contribution in [1.29, 1.82) is 0 Å². The Balaban J connectivity index is 1.33. The van der Waals surface area contributed by atoms with E-state index in [0.717, 1.165) is 75.0 Å². The lowest BCUT2D eigenvalue weighted by molar-refractivity contribution is -0.139. The number of rotatable bonds is 3. The summed E-state index contributed by atoms with van der Waals surface area (Å²) in [7, 11) is 0. The summed E-state index contributed by atoms with van der Waals surface area (Å²) in [5.41, 5.74) is 1.78. The van der Waals surface area contributed by atoms with Crippen LogP contribution in [0.4, 0.5) is 5.82 Å². The molecule has 5 nitrogen and oxygen atoms in total. The summed E-state index contributed by atoms with van der Waals surface area (Å²) in [5.74, 6) is 1.09. The van der Waals surface area contributed by atoms with Gasteiger partial charge >= 0.3 is 0 Å². The van der Waals surface area contributed by atoms with Crippen molar-refractivity contribution < 1.29 is 9.90 Å². The van der Waals surface area contributed by atoms with Crippen LogP contribution in [0.25, 0.3) is 11.1 Å². The number of aromatic nitrogens is 1. The number of carbonyl (C=O) groups excluding carboxylic acids is 1. The van der Waals surface area contributed by atoms with Crippen molar-refractivity contribution in [2.75, 3.05) is 24.5 Å². The number of pyridine rings is 1. The van der Waals surface area contributed by atoms with Crippen LogP contribution in [0.5, 0.6) is 0 Å². The van der Waals surface area contributed by atoms with E-state index in [4.69, 9.17) is 16.6 Å². The normalized spacial score (nSPS) is 29.0. The first-order valence-corrected chi connectivity index (χ1v) is 11.9. The third-order valence-electron chi connectivity index (χ3n) is 7.46. The van der Waals surface area contributed by atoms with Gasteiger partial charge in [0.2, 0.25) is 5.91 Å². The fourth-order valence-corrected chi connectivity index (χ4v) is 5.99. The molecule has 1 N–H and O–H groups in total. The second kappa shape index (κ2) is 8.44. The molecular weight excluding hydrogens is 410 g/mol. The number of benzene rings is 1. The van der Waals surface area contributed by atoms with E-state index in [9.17, 15) is 9.90 Å². The van der Waals surface area contributed by atoms with E-state index in [0.29, 0.717) is 17.5 Å². The van der Waals surface area contributed by atoms with Crippen LogP contribution in [0.2, 0.25) is 5.02 Å². The molecule has 6 heteroatoms. The molecule has 0 bridgehead atoms. The molecule has 3 aliphatic rings. The van der Waals surface area contributed by atoms with Gasteiger partial charge in [0.25, 0.3) is 0 Å². The molecule has 0 radical (unpaired) electrons. The lowest BCUT2D eigenvalue weighted by Gasteiger charge is -2.41. The van der Waals surface area contributed by atoms with Crippen LogP contribution in [0.3, 0.4) is 0 Å². The van der Waals surface area contributed by atoms with Crippen molar-refractivity contribution in [2.24, 2.45) is 5.41 Å². The Morgan fingerprint density at radius 2 is 1.81 bits per heavy atom. The van der Waals surface area contributed by atoms with Gasteiger partial charge in [-0.3, -0.25) is 4.79 Å². The Morgan fingerprint density at radius 1 is 1.03 bits per heavy atom. The quantitative estimate of drug-likeness (QED) is 0.763. The van der Waals surface area contributed by atoms with Gasteiger partial charge in [0.1, 0.15) is 5.82 Å². The second-order valence-corrected chi connectivity index (χ2v) is 9.82. The van der Waals surface area contributed by atoms with E-state index >= 15 is 0 Å². The predicted molar refractivity (Wildman–Crippen MR) is 123 cm³/mol. The standard InChI is InChI=1S/C25H30ClN3O2/c26-22-15-19(18-5-2-1-3-6-18)16-27-23(22)28-13-4-11-25(17-28)12-14-29(24(25)31)20-7-9-21(30)10-8-20/h1-3,5-6,15-16,20-21,30H,4,7-14,17H2. The fourth-order valence-electron chi connectivity index (χ4n) is 5.71. The third-order valence-corrected chi connectivity index (χ3v) is 7.74. The highest BCUT2D eigenvalue weighted by Gasteiger charge is 2.51. The van der Waals surface area contributed by atoms with E-state index in [1.54, 1.807) is 0 Å². The van der Waals surface area contributed by atoms with Crippen LogP contribution in [0, 0.1) is 5.41 Å². The molecule has 164 valence electrons. The number of hydrogen-bond donors (Lipinski definition) is 1. The van der Waals surface area contributed by atoms with Crippen LogP contribution < -0.4 is 4.90 Å². The van der Waals surface area contributed by atoms with Crippen molar-refractivity contribution in [3.63, 3.8) is 0 Å². The summed E-state index contributed by atoms with van der Waals surface area (Å²) in [6, 6.07) is 12.4. The maximum atomic E-state index is 13.5. The van der Waals surface area contributed by atoms with Gasteiger partial charge in [0, 0.05) is 37.4 Å². The smallest absolute Gasteiger partial charge is 0.230 e. The number of piperidine rings is 1. The number of nitrogens with zero attached hydrogens (tertiary/aromatic N) is 3. The van der Waals surface area contributed by atoms with Gasteiger partial charge in [-0.1, -0.05) is 41.9 Å². The van der Waals surface area contributed by atoms with E-state index in [1.165, 1.54) is 0 Å². The van der Waals surface area contributed by atoms with Gasteiger partial charge in [-0.05, 0) is 56.6 Å². The molecule has 2 saturated heterocycles. The van der Waals surface area contributed by atoms with Gasteiger partial charge in [-0.25, -0.2) is 4.98 Å². The number of carbonyl (C=O) groups is 1. The average molecular weight is 440 g/mol. The molecular formula is C25H30ClN3O2. The molecule has 31 heavy (non-hydrogen) atoms. The topological polar surface area (TPSA) is 56.7 Å². The highest BCUT2D eigenvalue weighted by Crippen LogP contribution is 2.44. The molecule has 1 atom stereocenters. The number of aliphatic hydroxyl groups is 1. The summed E-state index contributed by atoms with van der Waals surface area (Å²) in [5, 5.41) is 10.5. The first-order chi connectivity index (χ1) is 15.1. The molecule has 2 aromatic rings. The van der Waals surface area contributed by atoms with Gasteiger partial charge in [0.05, 0.1) is 16.5 Å². The summed E-state index contributed by atoms with van der Waals surface area (Å²) in [4.78, 5) is 22.6. The number of amides is 1. The summed E-state index contributed by atoms with van der Waals surface area (Å²) >= 11 is 6.69. The Kier molecular flexibility index (Phi) is 5.65. The number of anilines is 1. The maximum absolute atomic E-state index is 13.5. The van der Waals surface area contributed by atoms with Crippen molar-refractivity contribution >= 4 is 23.3 Å². The Morgan fingerprint density at radius 3 is 2.55 bits per heavy atom. The second-order valence-electron chi connectivity index (χ2n) is 9.41. The minimum absolute atomic E-state index is 0.194. The zero-order chi connectivity index (χ0) is 21.4. The summed E-state index contributed by atoms with van der Waals surface area (Å²) < 4.78 is 0. The third kappa shape index (κ3) is 3.94. The molecule has 1 aromatic carbocycles. The van der Waals surface area contributed by atoms with Crippen molar-refractivity contribution in [1.82, 2.24) is 9.88 Å². The van der Waals surface area contributed by atoms with E-state index in [1.807, 2.05) is 30.5 Å². The Labute approximate surface area is 189 Å². The highest BCUT2D eigenvalue weighted by molar-refractivity contribution is 6.33. The zero-order valence-corrected chi connectivity index (χ0v) is 18.6. The molecule has 1 amide bonds. The van der Waals surface area contributed by atoms with Crippen LogP contribution in [0.15, 0.2) is 42.6 Å². The first-order valence-electron chi connectivity index (χ1n) is 11.5. The minimum atomic E-state index is -0.322. The Bertz CT molecular complexity index is 945. The molecule has 1 aromatic heterocycles. The number of halogens is 1. The molecule has 1 spiro atoms. The van der Waals surface area contributed by atoms with Crippen LogP contribution >= 0.6 is 11.6 Å². The largest absolute Gasteiger partial charge is 0.393 e. The minimum Gasteiger partial charge on any atom is -0.393 e. The number of likely N-dealkylation sites (tertiary alicyclic amines) is 1. The van der Waals surface area contributed by atoms with E-state index < -0.39 is 0 Å². The van der Waals surface area contributed by atoms with E-state index in [-0.39, 0.29) is 17.6 Å². The molecule has 5 rings (SSSR count). The summed E-state index contributed by atoms with van der Waals surface area (Å²) in [6.07, 6.45) is 7.95. The molecule has 3 heterocycles. The molecule has 1 unspecified atom stereocenters. The van der Waals surface area contributed by atoms with Crippen LogP contribution in [-0.4, -0.2) is 52.7 Å². The molecule has 2 aliphatic heterocycles. The average Bonchev–Trinajstić information content (AvgIpc) is 3.10. The fraction of sp³-hybridized carbons (Fsp3) is 0.520. The van der Waals surface area contributed by atoms with Gasteiger partial charge in [-0.15, -0.1) is 0 Å². The van der Waals surface area contributed by atoms with Crippen LogP contribution in [-0.2, 0) is 4.79 Å².